The number of nitrogens with one attached hydrogen (secondary N) is 1. The minimum Gasteiger partial charge on any atom is -0.370 e. The van der Waals surface area contributed by atoms with Crippen LogP contribution in [0, 0.1) is 0 Å². The van der Waals surface area contributed by atoms with E-state index in [9.17, 15) is 4.79 Å². The van der Waals surface area contributed by atoms with E-state index in [0.717, 1.165) is 31.6 Å². The van der Waals surface area contributed by atoms with Crippen molar-refractivity contribution >= 4 is 52.1 Å². The molecule has 0 bridgehead atoms. The van der Waals surface area contributed by atoms with Crippen LogP contribution in [-0.2, 0) is 4.79 Å². The van der Waals surface area contributed by atoms with Gasteiger partial charge < -0.3 is 10.2 Å². The van der Waals surface area contributed by atoms with Gasteiger partial charge in [0.2, 0.25) is 0 Å². The molecular weight excluding hydrogens is 307 g/mol. The first-order chi connectivity index (χ1) is 8.98. The fraction of sp³-hybridized carbons (Fsp3) is 0.462. The number of carbonyl (C=O) groups is 1. The van der Waals surface area contributed by atoms with Crippen LogP contribution in [0.25, 0.3) is 0 Å². The van der Waals surface area contributed by atoms with Crippen LogP contribution >= 0.6 is 34.8 Å². The summed E-state index contributed by atoms with van der Waals surface area (Å²) in [6.07, 6.45) is 3.57. The summed E-state index contributed by atoms with van der Waals surface area (Å²) in [6.45, 7) is 1.97. The molecule has 3 nitrogen and oxygen atoms in total. The predicted octanol–water partition coefficient (Wildman–Crippen LogP) is 3.99. The Morgan fingerprint density at radius 3 is 2.37 bits per heavy atom. The summed E-state index contributed by atoms with van der Waals surface area (Å²) in [5.41, 5.74) is 1.66. The van der Waals surface area contributed by atoms with Gasteiger partial charge in [0.25, 0.3) is 9.70 Å². The second kappa shape index (κ2) is 6.21. The van der Waals surface area contributed by atoms with Crippen molar-refractivity contribution in [3.8, 4) is 0 Å². The molecule has 104 valence electrons. The molecule has 2 rings (SSSR count). The number of anilines is 2. The van der Waals surface area contributed by atoms with Gasteiger partial charge in [-0.15, -0.1) is 0 Å². The van der Waals surface area contributed by atoms with Crippen LogP contribution in [0.3, 0.4) is 0 Å². The lowest BCUT2D eigenvalue weighted by molar-refractivity contribution is -0.115. The third-order valence-corrected chi connectivity index (χ3v) is 3.62. The van der Waals surface area contributed by atoms with Gasteiger partial charge in [0.1, 0.15) is 0 Å². The van der Waals surface area contributed by atoms with Gasteiger partial charge in [0.05, 0.1) is 11.4 Å². The van der Waals surface area contributed by atoms with Crippen LogP contribution in [0.15, 0.2) is 24.3 Å². The lowest BCUT2D eigenvalue weighted by atomic mass is 10.1. The van der Waals surface area contributed by atoms with Crippen LogP contribution in [0.1, 0.15) is 19.3 Å². The van der Waals surface area contributed by atoms with Crippen LogP contribution in [-0.4, -0.2) is 22.8 Å². The molecule has 1 aliphatic heterocycles. The number of benzene rings is 1. The number of nitrogens with zero attached hydrogens (tertiary/aromatic N) is 1. The van der Waals surface area contributed by atoms with E-state index in [-0.39, 0.29) is 0 Å². The molecule has 1 fully saturated rings. The first kappa shape index (κ1) is 14.8. The summed E-state index contributed by atoms with van der Waals surface area (Å²) in [5.74, 6) is -0.637. The van der Waals surface area contributed by atoms with Crippen molar-refractivity contribution in [2.24, 2.45) is 0 Å². The van der Waals surface area contributed by atoms with Gasteiger partial charge in [-0.3, -0.25) is 4.79 Å². The number of alkyl halides is 3. The van der Waals surface area contributed by atoms with Crippen molar-refractivity contribution < 1.29 is 4.79 Å². The number of carbonyl (C=O) groups excluding carboxylic acids is 1. The monoisotopic (exact) mass is 320 g/mol. The topological polar surface area (TPSA) is 32.3 Å². The average molecular weight is 322 g/mol. The zero-order chi connectivity index (χ0) is 13.9. The zero-order valence-electron chi connectivity index (χ0n) is 10.3. The quantitative estimate of drug-likeness (QED) is 0.836. The van der Waals surface area contributed by atoms with Gasteiger partial charge in [-0.05, 0) is 31.4 Å². The van der Waals surface area contributed by atoms with Gasteiger partial charge in [0.15, 0.2) is 0 Å². The maximum Gasteiger partial charge on any atom is 0.276 e. The maximum atomic E-state index is 11.7. The van der Waals surface area contributed by atoms with Gasteiger partial charge in [-0.25, -0.2) is 0 Å². The number of hydrogen-bond donors (Lipinski definition) is 1. The van der Waals surface area contributed by atoms with Crippen molar-refractivity contribution in [1.29, 1.82) is 0 Å². The van der Waals surface area contributed by atoms with E-state index >= 15 is 0 Å². The van der Waals surface area contributed by atoms with Gasteiger partial charge in [-0.2, -0.15) is 0 Å². The van der Waals surface area contributed by atoms with E-state index in [2.05, 4.69) is 10.2 Å². The van der Waals surface area contributed by atoms with Crippen LogP contribution in [0.4, 0.5) is 11.4 Å². The Labute approximate surface area is 127 Å². The Bertz CT molecular complexity index is 453. The number of halogens is 3. The normalized spacial score (nSPS) is 16.3. The Morgan fingerprint density at radius 2 is 1.74 bits per heavy atom. The highest BCUT2D eigenvalue weighted by atomic mass is 35.6. The summed E-state index contributed by atoms with van der Waals surface area (Å²) in [4.78, 5) is 14.0. The first-order valence-corrected chi connectivity index (χ1v) is 7.34. The Balaban J connectivity index is 2.18. The smallest absolute Gasteiger partial charge is 0.276 e. The summed E-state index contributed by atoms with van der Waals surface area (Å²) < 4.78 is -1.95. The molecule has 1 aliphatic rings. The molecule has 0 unspecified atom stereocenters. The number of hydrogen-bond acceptors (Lipinski definition) is 2. The predicted molar refractivity (Wildman–Crippen MR) is 81.4 cm³/mol. The lowest BCUT2D eigenvalue weighted by Gasteiger charge is -2.30. The second-order valence-corrected chi connectivity index (χ2v) is 6.80. The molecule has 1 N–H and O–H groups in total. The Kier molecular flexibility index (Phi) is 4.82. The lowest BCUT2D eigenvalue weighted by Crippen LogP contribution is -2.32. The molecule has 19 heavy (non-hydrogen) atoms. The minimum atomic E-state index is -1.95. The summed E-state index contributed by atoms with van der Waals surface area (Å²) in [7, 11) is 0. The van der Waals surface area contributed by atoms with E-state index in [1.165, 1.54) is 6.42 Å². The maximum absolute atomic E-state index is 11.7. The molecule has 1 saturated heterocycles. The molecule has 1 amide bonds. The summed E-state index contributed by atoms with van der Waals surface area (Å²) in [5, 5.41) is 2.67. The SMILES string of the molecule is O=C(Nc1ccccc1N1CCCCC1)C(Cl)(Cl)Cl. The molecule has 1 aromatic carbocycles. The van der Waals surface area contributed by atoms with Gasteiger partial charge in [0, 0.05) is 13.1 Å². The molecule has 1 aromatic rings. The second-order valence-electron chi connectivity index (χ2n) is 4.52. The molecule has 0 radical (unpaired) electrons. The van der Waals surface area contributed by atoms with Gasteiger partial charge >= 0.3 is 0 Å². The highest BCUT2D eigenvalue weighted by Gasteiger charge is 2.31. The largest absolute Gasteiger partial charge is 0.370 e. The molecule has 0 atom stereocenters. The van der Waals surface area contributed by atoms with Crippen LogP contribution in [0.5, 0.6) is 0 Å². The third-order valence-electron chi connectivity index (χ3n) is 3.11. The first-order valence-electron chi connectivity index (χ1n) is 6.20. The van der Waals surface area contributed by atoms with Crippen LogP contribution in [0.2, 0.25) is 0 Å². The molecule has 6 heteroatoms. The van der Waals surface area contributed by atoms with E-state index < -0.39 is 9.70 Å². The number of piperidine rings is 1. The summed E-state index contributed by atoms with van der Waals surface area (Å²) in [6, 6.07) is 7.58. The van der Waals surface area contributed by atoms with E-state index in [1.807, 2.05) is 24.3 Å². The molecule has 1 heterocycles. The number of rotatable bonds is 2. The van der Waals surface area contributed by atoms with Crippen molar-refractivity contribution in [3.63, 3.8) is 0 Å². The molecule has 0 saturated carbocycles. The molecule has 0 aromatic heterocycles. The zero-order valence-corrected chi connectivity index (χ0v) is 12.6. The number of para-hydroxylation sites is 2. The number of amides is 1. The van der Waals surface area contributed by atoms with E-state index in [0.29, 0.717) is 5.69 Å². The van der Waals surface area contributed by atoms with E-state index in [1.54, 1.807) is 0 Å². The van der Waals surface area contributed by atoms with Crippen LogP contribution < -0.4 is 10.2 Å². The summed E-state index contributed by atoms with van der Waals surface area (Å²) >= 11 is 16.7. The van der Waals surface area contributed by atoms with Crippen molar-refractivity contribution in [1.82, 2.24) is 0 Å². The van der Waals surface area contributed by atoms with Crippen molar-refractivity contribution in [2.45, 2.75) is 23.1 Å². The molecular formula is C13H15Cl3N2O. The molecule has 0 spiro atoms. The van der Waals surface area contributed by atoms with Crippen molar-refractivity contribution in [3.05, 3.63) is 24.3 Å². The fourth-order valence-electron chi connectivity index (χ4n) is 2.18. The van der Waals surface area contributed by atoms with E-state index in [4.69, 9.17) is 34.8 Å². The fourth-order valence-corrected chi connectivity index (χ4v) is 2.32. The van der Waals surface area contributed by atoms with Crippen molar-refractivity contribution in [2.75, 3.05) is 23.3 Å². The highest BCUT2D eigenvalue weighted by Crippen LogP contribution is 2.32. The average Bonchev–Trinajstić information content (AvgIpc) is 2.39. The molecule has 0 aliphatic carbocycles. The minimum absolute atomic E-state index is 0.637. The Hall–Kier alpha value is -0.640. The standard InChI is InChI=1S/C13H15Cl3N2O/c14-13(15,16)12(19)17-10-6-2-3-7-11(10)18-8-4-1-5-9-18/h2-3,6-7H,1,4-5,8-9H2,(H,17,19). The van der Waals surface area contributed by atoms with Gasteiger partial charge in [-0.1, -0.05) is 46.9 Å². The highest BCUT2D eigenvalue weighted by molar-refractivity contribution is 6.76. The Morgan fingerprint density at radius 1 is 1.11 bits per heavy atom. The third kappa shape index (κ3) is 3.91.